The van der Waals surface area contributed by atoms with Gasteiger partial charge in [-0.25, -0.2) is 0 Å². The highest BCUT2D eigenvalue weighted by molar-refractivity contribution is 5.84. The van der Waals surface area contributed by atoms with E-state index in [1.165, 1.54) is 19.5 Å². The average molecular weight is 342 g/mol. The van der Waals surface area contributed by atoms with Gasteiger partial charge in [0.2, 0.25) is 5.91 Å². The second kappa shape index (κ2) is 8.00. The minimum Gasteiger partial charge on any atom is -0.354 e. The number of likely N-dealkylation sites (tertiary alicyclic amines) is 1. The van der Waals surface area contributed by atoms with Crippen LogP contribution in [-0.2, 0) is 11.3 Å². The Labute approximate surface area is 150 Å². The lowest BCUT2D eigenvalue weighted by molar-refractivity contribution is -0.121. The third-order valence-corrected chi connectivity index (χ3v) is 5.05. The first-order chi connectivity index (χ1) is 12.0. The van der Waals surface area contributed by atoms with E-state index in [2.05, 4.69) is 29.2 Å². The van der Waals surface area contributed by atoms with Crippen LogP contribution in [0.2, 0.25) is 0 Å². The molecule has 0 radical (unpaired) electrons. The van der Waals surface area contributed by atoms with Gasteiger partial charge < -0.3 is 10.2 Å². The molecule has 1 aromatic heterocycles. The molecular weight excluding hydrogens is 312 g/mol. The average Bonchev–Trinajstić information content (AvgIpc) is 2.87. The Morgan fingerprint density at radius 1 is 1.24 bits per heavy atom. The first-order valence-electron chi connectivity index (χ1n) is 9.44. The van der Waals surface area contributed by atoms with Crippen LogP contribution >= 0.6 is 0 Å². The quantitative estimate of drug-likeness (QED) is 0.821. The van der Waals surface area contributed by atoms with Gasteiger partial charge in [-0.3, -0.25) is 9.48 Å². The van der Waals surface area contributed by atoms with Crippen LogP contribution in [0, 0.1) is 18.8 Å². The third-order valence-electron chi connectivity index (χ3n) is 5.05. The van der Waals surface area contributed by atoms with E-state index in [1.54, 1.807) is 4.68 Å². The van der Waals surface area contributed by atoms with Gasteiger partial charge in [-0.05, 0) is 44.2 Å². The van der Waals surface area contributed by atoms with E-state index in [0.717, 1.165) is 47.9 Å². The van der Waals surface area contributed by atoms with Crippen molar-refractivity contribution in [3.8, 4) is 0 Å². The molecule has 5 heteroatoms. The number of amides is 1. The van der Waals surface area contributed by atoms with Crippen molar-refractivity contribution in [2.45, 2.75) is 40.2 Å². The summed E-state index contributed by atoms with van der Waals surface area (Å²) in [6, 6.07) is 8.05. The van der Waals surface area contributed by atoms with Crippen molar-refractivity contribution in [1.29, 1.82) is 0 Å². The van der Waals surface area contributed by atoms with Crippen molar-refractivity contribution in [3.05, 3.63) is 30.0 Å². The summed E-state index contributed by atoms with van der Waals surface area (Å²) in [6.07, 6.45) is 2.34. The van der Waals surface area contributed by atoms with E-state index < -0.39 is 0 Å². The van der Waals surface area contributed by atoms with Crippen molar-refractivity contribution in [3.63, 3.8) is 0 Å². The van der Waals surface area contributed by atoms with Crippen LogP contribution in [0.3, 0.4) is 0 Å². The van der Waals surface area contributed by atoms with E-state index in [1.807, 2.05) is 31.2 Å². The van der Waals surface area contributed by atoms with Gasteiger partial charge in [0.1, 0.15) is 6.54 Å². The first-order valence-corrected chi connectivity index (χ1v) is 9.44. The zero-order valence-corrected chi connectivity index (χ0v) is 15.7. The van der Waals surface area contributed by atoms with Crippen LogP contribution in [0.1, 0.15) is 32.4 Å². The largest absolute Gasteiger partial charge is 0.354 e. The van der Waals surface area contributed by atoms with Crippen molar-refractivity contribution in [1.82, 2.24) is 20.0 Å². The Morgan fingerprint density at radius 3 is 2.72 bits per heavy atom. The molecule has 1 aliphatic heterocycles. The number of piperidine rings is 1. The normalized spacial score (nSPS) is 21.6. The van der Waals surface area contributed by atoms with Gasteiger partial charge in [-0.15, -0.1) is 0 Å². The Kier molecular flexibility index (Phi) is 5.74. The van der Waals surface area contributed by atoms with Crippen LogP contribution in [0.4, 0.5) is 0 Å². The van der Waals surface area contributed by atoms with E-state index in [0.29, 0.717) is 0 Å². The predicted octanol–water partition coefficient (Wildman–Crippen LogP) is 2.83. The molecule has 3 rings (SSSR count). The summed E-state index contributed by atoms with van der Waals surface area (Å²) in [4.78, 5) is 14.8. The molecule has 0 unspecified atom stereocenters. The molecule has 2 aromatic rings. The second-order valence-corrected chi connectivity index (χ2v) is 7.67. The fourth-order valence-corrected chi connectivity index (χ4v) is 4.11. The zero-order valence-electron chi connectivity index (χ0n) is 15.7. The van der Waals surface area contributed by atoms with Gasteiger partial charge in [0.25, 0.3) is 0 Å². The molecule has 2 atom stereocenters. The molecule has 0 spiro atoms. The first kappa shape index (κ1) is 17.9. The number of aromatic nitrogens is 2. The Balaban J connectivity index is 1.44. The van der Waals surface area contributed by atoms with Crippen molar-refractivity contribution in [2.24, 2.45) is 11.8 Å². The summed E-state index contributed by atoms with van der Waals surface area (Å²) in [7, 11) is 0. The Morgan fingerprint density at radius 2 is 1.96 bits per heavy atom. The lowest BCUT2D eigenvalue weighted by Gasteiger charge is -2.34. The summed E-state index contributed by atoms with van der Waals surface area (Å²) in [5.41, 5.74) is 1.99. The number of aryl methyl sites for hydroxylation is 1. The summed E-state index contributed by atoms with van der Waals surface area (Å²) in [6.45, 7) is 11.1. The van der Waals surface area contributed by atoms with E-state index in [4.69, 9.17) is 0 Å². The maximum Gasteiger partial charge on any atom is 0.241 e. The highest BCUT2D eigenvalue weighted by atomic mass is 16.2. The summed E-state index contributed by atoms with van der Waals surface area (Å²) in [5, 5.41) is 8.65. The number of para-hydroxylation sites is 1. The molecule has 1 aliphatic rings. The van der Waals surface area contributed by atoms with E-state index in [9.17, 15) is 4.79 Å². The van der Waals surface area contributed by atoms with Crippen LogP contribution in [0.25, 0.3) is 10.9 Å². The second-order valence-electron chi connectivity index (χ2n) is 7.67. The lowest BCUT2D eigenvalue weighted by atomic mass is 9.92. The maximum atomic E-state index is 12.2. The van der Waals surface area contributed by atoms with Crippen LogP contribution in [0.5, 0.6) is 0 Å². The molecule has 0 aliphatic carbocycles. The monoisotopic (exact) mass is 342 g/mol. The molecule has 1 fully saturated rings. The van der Waals surface area contributed by atoms with E-state index in [-0.39, 0.29) is 12.5 Å². The summed E-state index contributed by atoms with van der Waals surface area (Å²) in [5.74, 6) is 1.61. The Bertz CT molecular complexity index is 714. The van der Waals surface area contributed by atoms with Gasteiger partial charge in [-0.1, -0.05) is 32.0 Å². The predicted molar refractivity (Wildman–Crippen MR) is 101 cm³/mol. The molecule has 0 saturated carbocycles. The number of fused-ring (bicyclic) bond motifs is 1. The number of hydrogen-bond acceptors (Lipinski definition) is 3. The van der Waals surface area contributed by atoms with Gasteiger partial charge in [-0.2, -0.15) is 5.10 Å². The standard InChI is InChI=1S/C20H30N4O/c1-15-11-16(2)13-23(12-15)10-6-9-21-20(25)14-24-19-8-5-4-7-18(19)17(3)22-24/h4-5,7-8,15-16H,6,9-14H2,1-3H3,(H,21,25)/t15-,16-/m1/s1. The number of hydrogen-bond donors (Lipinski definition) is 1. The number of nitrogens with one attached hydrogen (secondary N) is 1. The zero-order chi connectivity index (χ0) is 17.8. The summed E-state index contributed by atoms with van der Waals surface area (Å²) < 4.78 is 1.80. The van der Waals surface area contributed by atoms with E-state index >= 15 is 0 Å². The molecule has 25 heavy (non-hydrogen) atoms. The maximum absolute atomic E-state index is 12.2. The van der Waals surface area contributed by atoms with Crippen molar-refractivity contribution < 1.29 is 4.79 Å². The molecule has 1 aromatic carbocycles. The number of carbonyl (C=O) groups is 1. The van der Waals surface area contributed by atoms with Crippen LogP contribution in [0.15, 0.2) is 24.3 Å². The molecule has 1 amide bonds. The number of benzene rings is 1. The van der Waals surface area contributed by atoms with Gasteiger partial charge in [0, 0.05) is 25.0 Å². The molecule has 1 N–H and O–H groups in total. The number of nitrogens with zero attached hydrogens (tertiary/aromatic N) is 3. The molecule has 0 bridgehead atoms. The van der Waals surface area contributed by atoms with Crippen LogP contribution in [-0.4, -0.2) is 46.8 Å². The Hall–Kier alpha value is -1.88. The van der Waals surface area contributed by atoms with Crippen LogP contribution < -0.4 is 5.32 Å². The number of carbonyl (C=O) groups excluding carboxylic acids is 1. The van der Waals surface area contributed by atoms with Gasteiger partial charge in [0.15, 0.2) is 0 Å². The van der Waals surface area contributed by atoms with Gasteiger partial charge >= 0.3 is 0 Å². The lowest BCUT2D eigenvalue weighted by Crippen LogP contribution is -2.40. The molecule has 5 nitrogen and oxygen atoms in total. The topological polar surface area (TPSA) is 50.2 Å². The summed E-state index contributed by atoms with van der Waals surface area (Å²) >= 11 is 0. The van der Waals surface area contributed by atoms with Crippen molar-refractivity contribution >= 4 is 16.8 Å². The van der Waals surface area contributed by atoms with Gasteiger partial charge in [0.05, 0.1) is 11.2 Å². The fourth-order valence-electron chi connectivity index (χ4n) is 4.11. The minimum atomic E-state index is 0.0358. The highest BCUT2D eigenvalue weighted by Gasteiger charge is 2.21. The van der Waals surface area contributed by atoms with Crippen molar-refractivity contribution in [2.75, 3.05) is 26.2 Å². The smallest absolute Gasteiger partial charge is 0.241 e. The third kappa shape index (κ3) is 4.60. The molecule has 1 saturated heterocycles. The highest BCUT2D eigenvalue weighted by Crippen LogP contribution is 2.20. The molecule has 136 valence electrons. The fraction of sp³-hybridized carbons (Fsp3) is 0.600. The molecular formula is C20H30N4O. The SMILES string of the molecule is Cc1nn(CC(=O)NCCCN2C[C@H](C)C[C@@H](C)C2)c2ccccc12. The molecule has 2 heterocycles. The number of rotatable bonds is 6. The minimum absolute atomic E-state index is 0.0358.